The number of hydrogen-bond acceptors (Lipinski definition) is 2. The van der Waals surface area contributed by atoms with Crippen molar-refractivity contribution < 1.29 is 4.42 Å². The van der Waals surface area contributed by atoms with Crippen LogP contribution >= 0.6 is 0 Å². The molecule has 0 N–H and O–H groups in total. The molecule has 2 aliphatic rings. The van der Waals surface area contributed by atoms with Gasteiger partial charge in [-0.2, -0.15) is 0 Å². The van der Waals surface area contributed by atoms with Crippen LogP contribution in [0.4, 0.5) is 17.1 Å². The minimum absolute atomic E-state index is 0.240. The molecule has 0 spiro atoms. The summed E-state index contributed by atoms with van der Waals surface area (Å²) >= 11 is 0. The van der Waals surface area contributed by atoms with E-state index in [2.05, 4.69) is 274 Å². The minimum Gasteiger partial charge on any atom is -0.455 e. The zero-order valence-electron chi connectivity index (χ0n) is 41.1. The fraction of sp³-hybridized carbons (Fsp3) is 0.0704. The Morgan fingerprint density at radius 2 is 0.767 bits per heavy atom. The molecule has 1 heterocycles. The molecule has 0 atom stereocenters. The first-order valence-corrected chi connectivity index (χ1v) is 25.5. The van der Waals surface area contributed by atoms with Crippen LogP contribution in [0.3, 0.4) is 0 Å². The first kappa shape index (κ1) is 42.9. The fourth-order valence-electron chi connectivity index (χ4n) is 12.6. The van der Waals surface area contributed by atoms with Crippen LogP contribution in [0.25, 0.3) is 88.7 Å². The zero-order valence-corrected chi connectivity index (χ0v) is 41.1. The Labute approximate surface area is 427 Å². The second kappa shape index (κ2) is 16.6. The lowest BCUT2D eigenvalue weighted by molar-refractivity contribution is 0.660. The molecule has 2 nitrogen and oxygen atoms in total. The molecule has 0 saturated carbocycles. The largest absolute Gasteiger partial charge is 0.455 e. The Balaban J connectivity index is 0.941. The van der Waals surface area contributed by atoms with Gasteiger partial charge >= 0.3 is 0 Å². The SMILES string of the molecule is CC1(C)c2cc(-c3ccccc3)ccc2-c2ccc(N(c3ccc(-c4cccc5c4oc4ccccc45)cc3)c3ccccc3-c3ccccc3-c3ccccc3C3(C)c4ccccc4-c4ccccc43)cc21. The third kappa shape index (κ3) is 6.57. The standard InChI is InChI=1S/C71H51NO/c1-70(2)65-44-48(46-20-5-4-6-21-46)38-42-57(65)58-43-41-50(45-66(58)70)72(49-39-36-47(37-40-49)51-29-19-30-61-60-28-13-18-35-68(60)73-69(51)61)67-34-17-12-27-59(67)53-23-8-7-22-52(53)54-24-9-14-31-62(54)71(3)63-32-15-10-25-55(63)56-26-11-16-33-64(56)71/h4-45H,1-3H3. The van der Waals surface area contributed by atoms with Gasteiger partial charge in [-0.1, -0.05) is 226 Å². The highest BCUT2D eigenvalue weighted by molar-refractivity contribution is 6.09. The Morgan fingerprint density at radius 3 is 1.45 bits per heavy atom. The fourth-order valence-corrected chi connectivity index (χ4v) is 12.6. The predicted octanol–water partition coefficient (Wildman–Crippen LogP) is 19.4. The van der Waals surface area contributed by atoms with Gasteiger partial charge in [0.25, 0.3) is 0 Å². The summed E-state index contributed by atoms with van der Waals surface area (Å²) in [6.45, 7) is 7.19. The molecule has 73 heavy (non-hydrogen) atoms. The average Bonchev–Trinajstić information content (AvgIpc) is 4.05. The summed E-state index contributed by atoms with van der Waals surface area (Å²) in [7, 11) is 0. The molecule has 11 aromatic carbocycles. The van der Waals surface area contributed by atoms with Gasteiger partial charge < -0.3 is 9.32 Å². The van der Waals surface area contributed by atoms with Crippen molar-refractivity contribution in [2.45, 2.75) is 31.6 Å². The molecule has 0 radical (unpaired) electrons. The molecule has 346 valence electrons. The Hall–Kier alpha value is -8.98. The summed E-state index contributed by atoms with van der Waals surface area (Å²) in [6.07, 6.45) is 0. The molecule has 2 heteroatoms. The van der Waals surface area contributed by atoms with E-state index < -0.39 is 0 Å². The minimum atomic E-state index is -0.368. The molecule has 1 aromatic heterocycles. The second-order valence-electron chi connectivity index (χ2n) is 20.5. The van der Waals surface area contributed by atoms with E-state index in [1.807, 2.05) is 6.07 Å². The smallest absolute Gasteiger partial charge is 0.143 e. The number of nitrogens with zero attached hydrogens (tertiary/aromatic N) is 1. The number of furan rings is 1. The first-order chi connectivity index (χ1) is 35.9. The normalized spacial score (nSPS) is 13.6. The third-order valence-corrected chi connectivity index (χ3v) is 16.2. The summed E-state index contributed by atoms with van der Waals surface area (Å²) < 4.78 is 6.56. The summed E-state index contributed by atoms with van der Waals surface area (Å²) in [6, 6.07) is 93.8. The number of benzene rings is 11. The number of anilines is 3. The van der Waals surface area contributed by atoms with Gasteiger partial charge in [0.2, 0.25) is 0 Å². The molecule has 0 amide bonds. The van der Waals surface area contributed by atoms with Crippen LogP contribution in [0.2, 0.25) is 0 Å². The number of fused-ring (bicyclic) bond motifs is 9. The molecule has 0 bridgehead atoms. The van der Waals surface area contributed by atoms with Gasteiger partial charge in [-0.25, -0.2) is 0 Å². The van der Waals surface area contributed by atoms with Crippen molar-refractivity contribution >= 4 is 39.0 Å². The highest BCUT2D eigenvalue weighted by Crippen LogP contribution is 2.56. The summed E-state index contributed by atoms with van der Waals surface area (Å²) in [5, 5.41) is 2.26. The van der Waals surface area contributed by atoms with Crippen LogP contribution < -0.4 is 4.90 Å². The van der Waals surface area contributed by atoms with Crippen molar-refractivity contribution in [1.82, 2.24) is 0 Å². The lowest BCUT2D eigenvalue weighted by atomic mass is 9.71. The number of para-hydroxylation sites is 3. The van der Waals surface area contributed by atoms with Gasteiger partial charge in [0.1, 0.15) is 11.2 Å². The molecule has 0 saturated heterocycles. The number of rotatable bonds is 8. The van der Waals surface area contributed by atoms with Crippen LogP contribution in [-0.4, -0.2) is 0 Å². The van der Waals surface area contributed by atoms with E-state index in [9.17, 15) is 0 Å². The Morgan fingerprint density at radius 1 is 0.301 bits per heavy atom. The molecule has 0 unspecified atom stereocenters. The predicted molar refractivity (Wildman–Crippen MR) is 305 cm³/mol. The highest BCUT2D eigenvalue weighted by atomic mass is 16.3. The van der Waals surface area contributed by atoms with Gasteiger partial charge in [0, 0.05) is 44.1 Å². The molecular formula is C71H51NO. The maximum Gasteiger partial charge on any atom is 0.143 e. The van der Waals surface area contributed by atoms with Crippen molar-refractivity contribution in [1.29, 1.82) is 0 Å². The lowest BCUT2D eigenvalue weighted by Gasteiger charge is -2.32. The van der Waals surface area contributed by atoms with Gasteiger partial charge in [-0.05, 0) is 133 Å². The zero-order chi connectivity index (χ0) is 48.8. The monoisotopic (exact) mass is 933 g/mol. The first-order valence-electron chi connectivity index (χ1n) is 25.5. The van der Waals surface area contributed by atoms with E-state index >= 15 is 0 Å². The second-order valence-corrected chi connectivity index (χ2v) is 20.5. The van der Waals surface area contributed by atoms with Crippen LogP contribution in [0, 0.1) is 0 Å². The Bertz CT molecular complexity index is 4090. The molecular weight excluding hydrogens is 883 g/mol. The topological polar surface area (TPSA) is 16.4 Å². The van der Waals surface area contributed by atoms with E-state index in [0.29, 0.717) is 0 Å². The lowest BCUT2D eigenvalue weighted by Crippen LogP contribution is -2.23. The summed E-state index contributed by atoms with van der Waals surface area (Å²) in [5.74, 6) is 0. The summed E-state index contributed by atoms with van der Waals surface area (Å²) in [4.78, 5) is 2.48. The Kier molecular flexibility index (Phi) is 9.72. The van der Waals surface area contributed by atoms with E-state index in [1.165, 1.54) is 77.9 Å². The third-order valence-electron chi connectivity index (χ3n) is 16.2. The average molecular weight is 934 g/mol. The van der Waals surface area contributed by atoms with Gasteiger partial charge in [0.15, 0.2) is 0 Å². The maximum absolute atomic E-state index is 6.56. The van der Waals surface area contributed by atoms with Crippen molar-refractivity contribution in [3.05, 3.63) is 283 Å². The van der Waals surface area contributed by atoms with Gasteiger partial charge in [-0.15, -0.1) is 0 Å². The quantitative estimate of drug-likeness (QED) is 0.151. The van der Waals surface area contributed by atoms with Crippen molar-refractivity contribution in [2.24, 2.45) is 0 Å². The van der Waals surface area contributed by atoms with E-state index in [1.54, 1.807) is 0 Å². The highest BCUT2D eigenvalue weighted by Gasteiger charge is 2.42. The van der Waals surface area contributed by atoms with E-state index in [4.69, 9.17) is 4.42 Å². The molecule has 14 rings (SSSR count). The summed E-state index contributed by atoms with van der Waals surface area (Å²) in [5.41, 5.74) is 25.7. The van der Waals surface area contributed by atoms with E-state index in [0.717, 1.165) is 55.7 Å². The van der Waals surface area contributed by atoms with Crippen LogP contribution in [-0.2, 0) is 10.8 Å². The van der Waals surface area contributed by atoms with Crippen molar-refractivity contribution in [2.75, 3.05) is 4.90 Å². The van der Waals surface area contributed by atoms with Crippen LogP contribution in [0.1, 0.15) is 48.6 Å². The van der Waals surface area contributed by atoms with E-state index in [-0.39, 0.29) is 10.8 Å². The molecule has 2 aliphatic carbocycles. The van der Waals surface area contributed by atoms with Gasteiger partial charge in [0.05, 0.1) is 5.69 Å². The van der Waals surface area contributed by atoms with Crippen molar-refractivity contribution in [3.8, 4) is 66.8 Å². The maximum atomic E-state index is 6.56. The van der Waals surface area contributed by atoms with Crippen LogP contribution in [0.15, 0.2) is 259 Å². The molecule has 0 fully saturated rings. The molecule has 12 aromatic rings. The van der Waals surface area contributed by atoms with Crippen LogP contribution in [0.5, 0.6) is 0 Å². The molecule has 0 aliphatic heterocycles. The van der Waals surface area contributed by atoms with Crippen molar-refractivity contribution in [3.63, 3.8) is 0 Å². The van der Waals surface area contributed by atoms with Gasteiger partial charge in [-0.3, -0.25) is 0 Å². The number of hydrogen-bond donors (Lipinski definition) is 0.